The van der Waals surface area contributed by atoms with Gasteiger partial charge in [-0.3, -0.25) is 11.3 Å². The third-order valence-corrected chi connectivity index (χ3v) is 2.75. The molecule has 0 aliphatic rings. The van der Waals surface area contributed by atoms with Crippen LogP contribution in [0.4, 0.5) is 17.6 Å². The number of unbranched alkanes of at least 4 members (excludes halogenated alkanes) is 1. The molecule has 0 aliphatic carbocycles. The maximum Gasteiger partial charge on any atom is 0.419 e. The Bertz CT molecular complexity index is 390. The van der Waals surface area contributed by atoms with Crippen molar-refractivity contribution in [2.24, 2.45) is 5.84 Å². The second kappa shape index (κ2) is 6.15. The number of rotatable bonds is 5. The molecule has 1 aromatic rings. The Morgan fingerprint density at radius 2 is 2.00 bits per heavy atom. The second-order valence-corrected chi connectivity index (χ2v) is 4.10. The quantitative estimate of drug-likeness (QED) is 0.485. The molecule has 6 heteroatoms. The molecule has 0 saturated heterocycles. The molecule has 1 aromatic carbocycles. The molecule has 0 radical (unpaired) electrons. The van der Waals surface area contributed by atoms with E-state index in [1.165, 1.54) is 6.07 Å². The predicted molar refractivity (Wildman–Crippen MR) is 61.0 cm³/mol. The lowest BCUT2D eigenvalue weighted by molar-refractivity contribution is -0.140. The summed E-state index contributed by atoms with van der Waals surface area (Å²) >= 11 is 0. The van der Waals surface area contributed by atoms with Crippen LogP contribution in [0.1, 0.15) is 43.4 Å². The molecule has 102 valence electrons. The topological polar surface area (TPSA) is 38.0 Å². The van der Waals surface area contributed by atoms with Crippen molar-refractivity contribution in [3.63, 3.8) is 0 Å². The number of alkyl halides is 3. The third kappa shape index (κ3) is 3.68. The maximum atomic E-state index is 13.1. The first-order valence-corrected chi connectivity index (χ1v) is 5.73. The van der Waals surface area contributed by atoms with Crippen molar-refractivity contribution in [2.45, 2.75) is 38.4 Å². The zero-order chi connectivity index (χ0) is 13.8. The van der Waals surface area contributed by atoms with Crippen LogP contribution in [0.2, 0.25) is 0 Å². The highest BCUT2D eigenvalue weighted by molar-refractivity contribution is 5.29. The number of hydrogen-bond acceptors (Lipinski definition) is 2. The minimum absolute atomic E-state index is 0.347. The van der Waals surface area contributed by atoms with Crippen molar-refractivity contribution >= 4 is 0 Å². The molecule has 0 bridgehead atoms. The van der Waals surface area contributed by atoms with Crippen LogP contribution in [0, 0.1) is 5.82 Å². The van der Waals surface area contributed by atoms with Crippen LogP contribution < -0.4 is 11.3 Å². The SMILES string of the molecule is CCCCC(NN)c1ccc(F)c(C(F)(F)F)c1. The van der Waals surface area contributed by atoms with Gasteiger partial charge in [0.1, 0.15) is 5.82 Å². The number of nitrogens with one attached hydrogen (secondary N) is 1. The van der Waals surface area contributed by atoms with Crippen molar-refractivity contribution in [2.75, 3.05) is 0 Å². The molecule has 2 nitrogen and oxygen atoms in total. The molecule has 0 spiro atoms. The largest absolute Gasteiger partial charge is 0.419 e. The molecule has 3 N–H and O–H groups in total. The molecule has 1 rings (SSSR count). The Morgan fingerprint density at radius 1 is 1.33 bits per heavy atom. The summed E-state index contributed by atoms with van der Waals surface area (Å²) < 4.78 is 50.8. The molecular weight excluding hydrogens is 248 g/mol. The van der Waals surface area contributed by atoms with Crippen molar-refractivity contribution < 1.29 is 17.6 Å². The van der Waals surface area contributed by atoms with E-state index in [1.54, 1.807) is 0 Å². The predicted octanol–water partition coefficient (Wildman–Crippen LogP) is 3.54. The van der Waals surface area contributed by atoms with E-state index in [9.17, 15) is 17.6 Å². The second-order valence-electron chi connectivity index (χ2n) is 4.10. The molecule has 0 saturated carbocycles. The average Bonchev–Trinajstić information content (AvgIpc) is 2.30. The lowest BCUT2D eigenvalue weighted by Gasteiger charge is -2.18. The zero-order valence-electron chi connectivity index (χ0n) is 10.0. The van der Waals surface area contributed by atoms with Gasteiger partial charge in [0.05, 0.1) is 5.56 Å². The van der Waals surface area contributed by atoms with Gasteiger partial charge in [-0.15, -0.1) is 0 Å². The standard InChI is InChI=1S/C12H16F4N2/c1-2-3-4-11(18-17)8-5-6-10(13)9(7-8)12(14,15)16/h5-7,11,18H,2-4,17H2,1H3. The molecule has 18 heavy (non-hydrogen) atoms. The molecule has 0 heterocycles. The van der Waals surface area contributed by atoms with Gasteiger partial charge >= 0.3 is 6.18 Å². The van der Waals surface area contributed by atoms with E-state index >= 15 is 0 Å². The zero-order valence-corrected chi connectivity index (χ0v) is 10.0. The minimum atomic E-state index is -4.69. The van der Waals surface area contributed by atoms with Crippen molar-refractivity contribution in [1.29, 1.82) is 0 Å². The fraction of sp³-hybridized carbons (Fsp3) is 0.500. The Morgan fingerprint density at radius 3 is 2.50 bits per heavy atom. The summed E-state index contributed by atoms with van der Waals surface area (Å²) in [5.41, 5.74) is 1.56. The molecule has 0 amide bonds. The van der Waals surface area contributed by atoms with Crippen LogP contribution in [0.25, 0.3) is 0 Å². The Kier molecular flexibility index (Phi) is 5.10. The normalized spacial score (nSPS) is 13.7. The van der Waals surface area contributed by atoms with E-state index in [0.29, 0.717) is 12.0 Å². The molecule has 0 aromatic heterocycles. The van der Waals surface area contributed by atoms with E-state index in [-0.39, 0.29) is 0 Å². The van der Waals surface area contributed by atoms with Gasteiger partial charge in [0.25, 0.3) is 0 Å². The highest BCUT2D eigenvalue weighted by atomic mass is 19.4. The summed E-state index contributed by atoms with van der Waals surface area (Å²) in [6.07, 6.45) is -2.35. The summed E-state index contributed by atoms with van der Waals surface area (Å²) in [5, 5.41) is 0. The average molecular weight is 264 g/mol. The Hall–Kier alpha value is -1.14. The summed E-state index contributed by atoms with van der Waals surface area (Å²) in [5.74, 6) is 4.05. The molecule has 1 unspecified atom stereocenters. The van der Waals surface area contributed by atoms with Gasteiger partial charge < -0.3 is 0 Å². The van der Waals surface area contributed by atoms with Crippen molar-refractivity contribution in [3.05, 3.63) is 35.1 Å². The summed E-state index contributed by atoms with van der Waals surface area (Å²) in [6, 6.07) is 2.57. The lowest BCUT2D eigenvalue weighted by Crippen LogP contribution is -2.28. The highest BCUT2D eigenvalue weighted by Crippen LogP contribution is 2.33. The fourth-order valence-corrected chi connectivity index (χ4v) is 1.73. The summed E-state index contributed by atoms with van der Waals surface area (Å²) in [6.45, 7) is 1.97. The summed E-state index contributed by atoms with van der Waals surface area (Å²) in [4.78, 5) is 0. The number of benzene rings is 1. The van der Waals surface area contributed by atoms with Gasteiger partial charge in [0.2, 0.25) is 0 Å². The van der Waals surface area contributed by atoms with Crippen LogP contribution >= 0.6 is 0 Å². The van der Waals surface area contributed by atoms with Crippen molar-refractivity contribution in [1.82, 2.24) is 5.43 Å². The van der Waals surface area contributed by atoms with E-state index in [4.69, 9.17) is 5.84 Å². The third-order valence-electron chi connectivity index (χ3n) is 2.75. The molecule has 1 atom stereocenters. The van der Waals surface area contributed by atoms with Crippen LogP contribution in [0.3, 0.4) is 0 Å². The van der Waals surface area contributed by atoms with Gasteiger partial charge in [-0.1, -0.05) is 25.8 Å². The molecule has 0 aliphatic heterocycles. The number of halogens is 4. The van der Waals surface area contributed by atoms with Crippen LogP contribution in [-0.2, 0) is 6.18 Å². The van der Waals surface area contributed by atoms with E-state index in [2.05, 4.69) is 5.43 Å². The van der Waals surface area contributed by atoms with Crippen molar-refractivity contribution in [3.8, 4) is 0 Å². The van der Waals surface area contributed by atoms with Crippen LogP contribution in [0.5, 0.6) is 0 Å². The van der Waals surface area contributed by atoms with Gasteiger partial charge in [0, 0.05) is 6.04 Å². The number of nitrogens with two attached hydrogens (primary N) is 1. The number of hydrazine groups is 1. The monoisotopic (exact) mass is 264 g/mol. The van der Waals surface area contributed by atoms with E-state index < -0.39 is 23.6 Å². The maximum absolute atomic E-state index is 13.1. The van der Waals surface area contributed by atoms with Gasteiger partial charge in [-0.05, 0) is 24.1 Å². The Labute approximate surface area is 103 Å². The number of hydrogen-bond donors (Lipinski definition) is 2. The van der Waals surface area contributed by atoms with Gasteiger partial charge in [-0.25, -0.2) is 4.39 Å². The Balaban J connectivity index is 3.02. The summed E-state index contributed by atoms with van der Waals surface area (Å²) in [7, 11) is 0. The van der Waals surface area contributed by atoms with Crippen LogP contribution in [0.15, 0.2) is 18.2 Å². The van der Waals surface area contributed by atoms with E-state index in [0.717, 1.165) is 25.0 Å². The molecule has 0 fully saturated rings. The minimum Gasteiger partial charge on any atom is -0.271 e. The van der Waals surface area contributed by atoms with Gasteiger partial charge in [-0.2, -0.15) is 13.2 Å². The first kappa shape index (κ1) is 14.9. The first-order chi connectivity index (χ1) is 8.40. The van der Waals surface area contributed by atoms with Crippen LogP contribution in [-0.4, -0.2) is 0 Å². The highest BCUT2D eigenvalue weighted by Gasteiger charge is 2.34. The smallest absolute Gasteiger partial charge is 0.271 e. The fourth-order valence-electron chi connectivity index (χ4n) is 1.73. The first-order valence-electron chi connectivity index (χ1n) is 5.73. The van der Waals surface area contributed by atoms with Gasteiger partial charge in [0.15, 0.2) is 0 Å². The van der Waals surface area contributed by atoms with E-state index in [1.807, 2.05) is 6.92 Å². The molecular formula is C12H16F4N2. The lowest BCUT2D eigenvalue weighted by atomic mass is 9.99.